The average molecular weight is 602 g/mol. The van der Waals surface area contributed by atoms with Gasteiger partial charge in [0.15, 0.2) is 11.5 Å². The Kier molecular flexibility index (Phi) is 8.00. The molecule has 1 amide bonds. The lowest BCUT2D eigenvalue weighted by molar-refractivity contribution is -0.131. The third-order valence-corrected chi connectivity index (χ3v) is 8.08. The number of pyridine rings is 2. The van der Waals surface area contributed by atoms with Gasteiger partial charge >= 0.3 is 0 Å². The zero-order valence-electron chi connectivity index (χ0n) is 22.1. The Bertz CT molecular complexity index is 1700. The van der Waals surface area contributed by atoms with E-state index in [1.807, 2.05) is 0 Å². The summed E-state index contributed by atoms with van der Waals surface area (Å²) in [5.41, 5.74) is 3.46. The SMILES string of the molecule is COc1ncc(Cl)cc1SNc1cccc(-c2cc3cnc(NC4CCC(F)(C(N)=O)CC4)nc3n(C)c2=O)c1F. The number of primary amides is 1. The standard InChI is InChI=1S/C27H26ClF2N7O3S/c1-37-22-14(12-33-26(35-22)34-16-6-8-27(30,9-7-16)25(31)39)10-18(24(37)38)17-4-3-5-19(21(17)29)36-41-20-11-15(28)13-32-23(20)40-2/h3-5,10-13,16,36H,6-9H2,1-2H3,(H2,31,39)(H,33,34,35). The number of aryl methyl sites for hydroxylation is 1. The number of rotatable bonds is 8. The number of nitrogens with zero attached hydrogens (tertiary/aromatic N) is 4. The smallest absolute Gasteiger partial charge is 0.259 e. The number of methoxy groups -OCH3 is 1. The van der Waals surface area contributed by atoms with E-state index in [-0.39, 0.29) is 41.6 Å². The van der Waals surface area contributed by atoms with Gasteiger partial charge in [0.2, 0.25) is 11.8 Å². The van der Waals surface area contributed by atoms with Crippen LogP contribution < -0.4 is 26.1 Å². The Balaban J connectivity index is 1.39. The van der Waals surface area contributed by atoms with Gasteiger partial charge in [-0.05, 0) is 55.8 Å². The van der Waals surface area contributed by atoms with Crippen LogP contribution in [-0.4, -0.2) is 44.2 Å². The molecule has 0 radical (unpaired) electrons. The molecular formula is C27H26ClF2N7O3S. The van der Waals surface area contributed by atoms with Gasteiger partial charge in [-0.2, -0.15) is 4.98 Å². The van der Waals surface area contributed by atoms with Crippen LogP contribution >= 0.6 is 23.5 Å². The summed E-state index contributed by atoms with van der Waals surface area (Å²) in [6.07, 6.45) is 3.75. The van der Waals surface area contributed by atoms with Crippen LogP contribution in [0.25, 0.3) is 22.2 Å². The topological polar surface area (TPSA) is 137 Å². The van der Waals surface area contributed by atoms with Gasteiger partial charge in [0.25, 0.3) is 11.5 Å². The number of aromatic nitrogens is 4. The Hall–Kier alpha value is -3.97. The molecule has 1 fully saturated rings. The van der Waals surface area contributed by atoms with Crippen molar-refractivity contribution in [2.45, 2.75) is 42.3 Å². The fraction of sp³-hybridized carbons (Fsp3) is 0.296. The van der Waals surface area contributed by atoms with Crippen LogP contribution in [-0.2, 0) is 11.8 Å². The first kappa shape index (κ1) is 28.6. The Labute approximate surface area is 242 Å². The summed E-state index contributed by atoms with van der Waals surface area (Å²) in [5, 5.41) is 4.07. The number of nitrogens with one attached hydrogen (secondary N) is 2. The summed E-state index contributed by atoms with van der Waals surface area (Å²) in [5.74, 6) is -0.984. The number of ether oxygens (including phenoxy) is 1. The van der Waals surface area contributed by atoms with Crippen LogP contribution in [0.2, 0.25) is 5.02 Å². The van der Waals surface area contributed by atoms with Crippen molar-refractivity contribution in [3.63, 3.8) is 0 Å². The molecule has 1 aromatic carbocycles. The van der Waals surface area contributed by atoms with Gasteiger partial charge < -0.3 is 20.5 Å². The predicted octanol–water partition coefficient (Wildman–Crippen LogP) is 4.86. The number of carbonyl (C=O) groups is 1. The second-order valence-corrected chi connectivity index (χ2v) is 11.0. The Morgan fingerprint density at radius 1 is 1.22 bits per heavy atom. The maximum Gasteiger partial charge on any atom is 0.259 e. The van der Waals surface area contributed by atoms with Crippen LogP contribution in [0.1, 0.15) is 25.7 Å². The van der Waals surface area contributed by atoms with Crippen LogP contribution in [0.3, 0.4) is 0 Å². The molecule has 0 atom stereocenters. The van der Waals surface area contributed by atoms with Crippen LogP contribution in [0.5, 0.6) is 5.88 Å². The first-order chi connectivity index (χ1) is 19.6. The number of benzene rings is 1. The molecule has 1 saturated carbocycles. The Morgan fingerprint density at radius 2 is 1.98 bits per heavy atom. The third-order valence-electron chi connectivity index (χ3n) is 7.04. The first-order valence-electron chi connectivity index (χ1n) is 12.6. The minimum Gasteiger partial charge on any atom is -0.480 e. The van der Waals surface area contributed by atoms with Gasteiger partial charge in [0.05, 0.1) is 28.3 Å². The van der Waals surface area contributed by atoms with Gasteiger partial charge in [-0.25, -0.2) is 18.7 Å². The summed E-state index contributed by atoms with van der Waals surface area (Å²) >= 11 is 7.11. The summed E-state index contributed by atoms with van der Waals surface area (Å²) in [6, 6.07) is 7.73. The van der Waals surface area contributed by atoms with Gasteiger partial charge in [-0.3, -0.25) is 14.2 Å². The molecular weight excluding hydrogens is 576 g/mol. The molecule has 5 rings (SSSR count). The highest BCUT2D eigenvalue weighted by molar-refractivity contribution is 8.00. The monoisotopic (exact) mass is 601 g/mol. The van der Waals surface area contributed by atoms with E-state index in [9.17, 15) is 14.0 Å². The van der Waals surface area contributed by atoms with E-state index < -0.39 is 23.0 Å². The molecule has 1 aliphatic rings. The molecule has 214 valence electrons. The first-order valence-corrected chi connectivity index (χ1v) is 13.8. The highest BCUT2D eigenvalue weighted by atomic mass is 35.5. The molecule has 3 heterocycles. The van der Waals surface area contributed by atoms with E-state index in [0.29, 0.717) is 39.7 Å². The highest BCUT2D eigenvalue weighted by Gasteiger charge is 2.40. The van der Waals surface area contributed by atoms with E-state index >= 15 is 4.39 Å². The van der Waals surface area contributed by atoms with E-state index in [1.54, 1.807) is 31.3 Å². The lowest BCUT2D eigenvalue weighted by Crippen LogP contribution is -2.45. The van der Waals surface area contributed by atoms with Gasteiger partial charge in [-0.15, -0.1) is 0 Å². The average Bonchev–Trinajstić information content (AvgIpc) is 2.96. The molecule has 14 heteroatoms. The summed E-state index contributed by atoms with van der Waals surface area (Å²) in [7, 11) is 3.01. The van der Waals surface area contributed by atoms with Crippen molar-refractivity contribution in [2.24, 2.45) is 12.8 Å². The minimum atomic E-state index is -2.00. The molecule has 10 nitrogen and oxygen atoms in total. The van der Waals surface area contributed by atoms with E-state index in [1.165, 1.54) is 30.1 Å². The van der Waals surface area contributed by atoms with Gasteiger partial charge in [0, 0.05) is 36.4 Å². The molecule has 3 aromatic heterocycles. The van der Waals surface area contributed by atoms with E-state index in [2.05, 4.69) is 25.0 Å². The second-order valence-electron chi connectivity index (χ2n) is 9.68. The van der Waals surface area contributed by atoms with Gasteiger partial charge in [-0.1, -0.05) is 23.7 Å². The molecule has 4 N–H and O–H groups in total. The molecule has 0 aliphatic heterocycles. The number of alkyl halides is 1. The maximum absolute atomic E-state index is 15.7. The van der Waals surface area contributed by atoms with Crippen molar-refractivity contribution in [3.05, 3.63) is 63.9 Å². The van der Waals surface area contributed by atoms with Crippen molar-refractivity contribution >= 4 is 52.1 Å². The lowest BCUT2D eigenvalue weighted by Gasteiger charge is -2.31. The van der Waals surface area contributed by atoms with Crippen molar-refractivity contribution in [1.82, 2.24) is 19.5 Å². The maximum atomic E-state index is 15.7. The molecule has 0 saturated heterocycles. The fourth-order valence-electron chi connectivity index (χ4n) is 4.72. The highest BCUT2D eigenvalue weighted by Crippen LogP contribution is 2.35. The quantitative estimate of drug-likeness (QED) is 0.242. The molecule has 0 spiro atoms. The molecule has 41 heavy (non-hydrogen) atoms. The van der Waals surface area contributed by atoms with Crippen molar-refractivity contribution < 1.29 is 18.3 Å². The zero-order valence-corrected chi connectivity index (χ0v) is 23.7. The number of halogens is 3. The molecule has 4 aromatic rings. The fourth-order valence-corrected chi connectivity index (χ4v) is 5.73. The largest absolute Gasteiger partial charge is 0.480 e. The number of nitrogens with two attached hydrogens (primary N) is 1. The van der Waals surface area contributed by atoms with Crippen LogP contribution in [0.15, 0.2) is 52.4 Å². The number of anilines is 2. The number of amides is 1. The summed E-state index contributed by atoms with van der Waals surface area (Å²) in [6.45, 7) is 0. The molecule has 0 unspecified atom stereocenters. The summed E-state index contributed by atoms with van der Waals surface area (Å²) in [4.78, 5) is 38.2. The van der Waals surface area contributed by atoms with Crippen molar-refractivity contribution in [1.29, 1.82) is 0 Å². The number of hydrogen-bond donors (Lipinski definition) is 3. The summed E-state index contributed by atoms with van der Waals surface area (Å²) < 4.78 is 39.7. The van der Waals surface area contributed by atoms with Crippen LogP contribution in [0, 0.1) is 5.82 Å². The van der Waals surface area contributed by atoms with Gasteiger partial charge in [0.1, 0.15) is 5.65 Å². The van der Waals surface area contributed by atoms with E-state index in [4.69, 9.17) is 22.1 Å². The van der Waals surface area contributed by atoms with Crippen LogP contribution in [0.4, 0.5) is 20.4 Å². The number of hydrogen-bond acceptors (Lipinski definition) is 9. The Morgan fingerprint density at radius 3 is 2.68 bits per heavy atom. The predicted molar refractivity (Wildman–Crippen MR) is 154 cm³/mol. The number of fused-ring (bicyclic) bond motifs is 1. The molecule has 0 bridgehead atoms. The normalized spacial score (nSPS) is 18.7. The minimum absolute atomic E-state index is 0.0109. The van der Waals surface area contributed by atoms with Crippen molar-refractivity contribution in [2.75, 3.05) is 17.1 Å². The molecule has 1 aliphatic carbocycles. The zero-order chi connectivity index (χ0) is 29.3. The lowest BCUT2D eigenvalue weighted by atomic mass is 9.83. The van der Waals surface area contributed by atoms with E-state index in [0.717, 1.165) is 11.9 Å². The number of carbonyl (C=O) groups excluding carboxylic acids is 1. The third kappa shape index (κ3) is 5.77. The second kappa shape index (κ2) is 11.5. The van der Waals surface area contributed by atoms with Crippen molar-refractivity contribution in [3.8, 4) is 17.0 Å².